The summed E-state index contributed by atoms with van der Waals surface area (Å²) in [5.41, 5.74) is 2.13. The highest BCUT2D eigenvalue weighted by Gasteiger charge is 2.22. The Morgan fingerprint density at radius 3 is 2.07 bits per heavy atom. The molecule has 2 aromatic carbocycles. The second-order valence-electron chi connectivity index (χ2n) is 7.27. The van der Waals surface area contributed by atoms with Crippen molar-refractivity contribution < 1.29 is 14.3 Å². The molecule has 3 rings (SSSR count). The third-order valence-electron chi connectivity index (χ3n) is 5.26. The Morgan fingerprint density at radius 1 is 0.862 bits per heavy atom. The normalized spacial score (nSPS) is 14.4. The molecule has 0 atom stereocenters. The molecule has 0 bridgehead atoms. The monoisotopic (exact) mass is 458 g/mol. The van der Waals surface area contributed by atoms with Crippen molar-refractivity contribution in [1.29, 1.82) is 0 Å². The summed E-state index contributed by atoms with van der Waals surface area (Å²) in [4.78, 5) is 29.1. The standard InChI is InChI=1S/C23H27BrN2O3/c1-29-21-10-5-18(6-11-21)7-12-22(27)25-13-2-14-26(16-15-25)23(28)17-19-3-8-20(24)9-4-19/h3-6,8-11H,2,7,12-17H2,1H3. The zero-order chi connectivity index (χ0) is 20.6. The number of carbonyl (C=O) groups is 2. The smallest absolute Gasteiger partial charge is 0.227 e. The number of hydrogen-bond donors (Lipinski definition) is 0. The van der Waals surface area contributed by atoms with Crippen molar-refractivity contribution in [3.63, 3.8) is 0 Å². The number of methoxy groups -OCH3 is 1. The van der Waals surface area contributed by atoms with Crippen LogP contribution in [-0.2, 0) is 22.4 Å². The van der Waals surface area contributed by atoms with E-state index in [0.717, 1.165) is 27.8 Å². The Morgan fingerprint density at radius 2 is 1.45 bits per heavy atom. The quantitative estimate of drug-likeness (QED) is 0.662. The van der Waals surface area contributed by atoms with Gasteiger partial charge in [-0.15, -0.1) is 0 Å². The van der Waals surface area contributed by atoms with Gasteiger partial charge >= 0.3 is 0 Å². The zero-order valence-electron chi connectivity index (χ0n) is 16.8. The van der Waals surface area contributed by atoms with E-state index in [0.29, 0.717) is 45.4 Å². The van der Waals surface area contributed by atoms with Crippen LogP contribution >= 0.6 is 15.9 Å². The van der Waals surface area contributed by atoms with Crippen LogP contribution in [-0.4, -0.2) is 54.9 Å². The molecule has 29 heavy (non-hydrogen) atoms. The second-order valence-corrected chi connectivity index (χ2v) is 8.18. The van der Waals surface area contributed by atoms with E-state index < -0.39 is 0 Å². The molecule has 0 N–H and O–H groups in total. The Labute approximate surface area is 180 Å². The first kappa shape index (κ1) is 21.4. The first-order valence-corrected chi connectivity index (χ1v) is 10.8. The van der Waals surface area contributed by atoms with Gasteiger partial charge in [-0.25, -0.2) is 0 Å². The Kier molecular flexibility index (Phi) is 7.69. The number of aryl methyl sites for hydroxylation is 1. The van der Waals surface area contributed by atoms with Crippen LogP contribution < -0.4 is 4.74 Å². The lowest BCUT2D eigenvalue weighted by molar-refractivity contribution is -0.133. The molecular weight excluding hydrogens is 432 g/mol. The summed E-state index contributed by atoms with van der Waals surface area (Å²) in [6.45, 7) is 2.62. The van der Waals surface area contributed by atoms with Gasteiger partial charge in [0.25, 0.3) is 0 Å². The molecular formula is C23H27BrN2O3. The highest BCUT2D eigenvalue weighted by molar-refractivity contribution is 9.10. The molecule has 0 spiro atoms. The summed E-state index contributed by atoms with van der Waals surface area (Å²) >= 11 is 3.41. The van der Waals surface area contributed by atoms with E-state index in [4.69, 9.17) is 4.74 Å². The number of carbonyl (C=O) groups excluding carboxylic acids is 2. The first-order valence-electron chi connectivity index (χ1n) is 9.98. The third-order valence-corrected chi connectivity index (χ3v) is 5.79. The van der Waals surface area contributed by atoms with Crippen LogP contribution in [0.3, 0.4) is 0 Å². The molecule has 2 amide bonds. The average molecular weight is 459 g/mol. The Balaban J connectivity index is 1.47. The molecule has 0 aliphatic carbocycles. The third kappa shape index (κ3) is 6.32. The molecule has 1 heterocycles. The van der Waals surface area contributed by atoms with Gasteiger partial charge in [-0.05, 0) is 48.2 Å². The van der Waals surface area contributed by atoms with Crippen LogP contribution in [0, 0.1) is 0 Å². The van der Waals surface area contributed by atoms with E-state index in [9.17, 15) is 9.59 Å². The molecule has 1 aliphatic rings. The van der Waals surface area contributed by atoms with Crippen molar-refractivity contribution in [2.24, 2.45) is 0 Å². The SMILES string of the molecule is COc1ccc(CCC(=O)N2CCCN(C(=O)Cc3ccc(Br)cc3)CC2)cc1. The fourth-order valence-corrected chi connectivity index (χ4v) is 3.77. The number of halogens is 1. The molecule has 0 radical (unpaired) electrons. The topological polar surface area (TPSA) is 49.9 Å². The van der Waals surface area contributed by atoms with Crippen molar-refractivity contribution in [1.82, 2.24) is 9.80 Å². The van der Waals surface area contributed by atoms with Crippen LogP contribution in [0.15, 0.2) is 53.0 Å². The van der Waals surface area contributed by atoms with Gasteiger partial charge < -0.3 is 14.5 Å². The number of ether oxygens (including phenoxy) is 1. The van der Waals surface area contributed by atoms with Crippen molar-refractivity contribution in [3.8, 4) is 5.75 Å². The maximum Gasteiger partial charge on any atom is 0.227 e. The number of rotatable bonds is 6. The van der Waals surface area contributed by atoms with Gasteiger partial charge in [0.2, 0.25) is 11.8 Å². The van der Waals surface area contributed by atoms with Gasteiger partial charge in [0.1, 0.15) is 5.75 Å². The van der Waals surface area contributed by atoms with Crippen LogP contribution in [0.4, 0.5) is 0 Å². The van der Waals surface area contributed by atoms with Crippen LogP contribution in [0.5, 0.6) is 5.75 Å². The minimum Gasteiger partial charge on any atom is -0.497 e. The van der Waals surface area contributed by atoms with E-state index in [1.54, 1.807) is 7.11 Å². The number of hydrogen-bond acceptors (Lipinski definition) is 3. The van der Waals surface area contributed by atoms with Gasteiger partial charge in [-0.2, -0.15) is 0 Å². The summed E-state index contributed by atoms with van der Waals surface area (Å²) in [5.74, 6) is 1.10. The zero-order valence-corrected chi connectivity index (χ0v) is 18.4. The summed E-state index contributed by atoms with van der Waals surface area (Å²) in [5, 5.41) is 0. The van der Waals surface area contributed by atoms with E-state index in [-0.39, 0.29) is 11.8 Å². The molecule has 0 unspecified atom stereocenters. The van der Waals surface area contributed by atoms with Crippen LogP contribution in [0.2, 0.25) is 0 Å². The Bertz CT molecular complexity index is 821. The molecule has 1 fully saturated rings. The highest BCUT2D eigenvalue weighted by atomic mass is 79.9. The van der Waals surface area contributed by atoms with Gasteiger partial charge in [0.05, 0.1) is 13.5 Å². The van der Waals surface area contributed by atoms with E-state index >= 15 is 0 Å². The lowest BCUT2D eigenvalue weighted by Crippen LogP contribution is -2.38. The molecule has 154 valence electrons. The fraction of sp³-hybridized carbons (Fsp3) is 0.391. The minimum atomic E-state index is 0.125. The van der Waals surface area contributed by atoms with Gasteiger partial charge in [-0.3, -0.25) is 9.59 Å². The second kappa shape index (κ2) is 10.4. The van der Waals surface area contributed by atoms with Gasteiger partial charge in [-0.1, -0.05) is 40.2 Å². The molecule has 0 saturated carbocycles. The van der Waals surface area contributed by atoms with Crippen LogP contribution in [0.1, 0.15) is 24.0 Å². The fourth-order valence-electron chi connectivity index (χ4n) is 3.51. The maximum atomic E-state index is 12.6. The van der Waals surface area contributed by atoms with Gasteiger partial charge in [0.15, 0.2) is 0 Å². The average Bonchev–Trinajstić information content (AvgIpc) is 3.00. The van der Waals surface area contributed by atoms with Crippen molar-refractivity contribution >= 4 is 27.7 Å². The predicted octanol–water partition coefficient (Wildman–Crippen LogP) is 3.69. The molecule has 5 nitrogen and oxygen atoms in total. The number of benzene rings is 2. The first-order chi connectivity index (χ1) is 14.0. The van der Waals surface area contributed by atoms with E-state index in [2.05, 4.69) is 15.9 Å². The number of nitrogens with zero attached hydrogens (tertiary/aromatic N) is 2. The highest BCUT2D eigenvalue weighted by Crippen LogP contribution is 2.15. The van der Waals surface area contributed by atoms with Crippen molar-refractivity contribution in [2.45, 2.75) is 25.7 Å². The molecule has 1 aliphatic heterocycles. The molecule has 0 aromatic heterocycles. The van der Waals surface area contributed by atoms with E-state index in [1.165, 1.54) is 0 Å². The molecule has 1 saturated heterocycles. The van der Waals surface area contributed by atoms with Gasteiger partial charge in [0, 0.05) is 37.1 Å². The molecule has 6 heteroatoms. The van der Waals surface area contributed by atoms with Crippen molar-refractivity contribution in [3.05, 3.63) is 64.1 Å². The van der Waals surface area contributed by atoms with E-state index in [1.807, 2.05) is 58.3 Å². The lowest BCUT2D eigenvalue weighted by Gasteiger charge is -2.22. The maximum absolute atomic E-state index is 12.6. The summed E-state index contributed by atoms with van der Waals surface area (Å²) in [6.07, 6.45) is 2.42. The number of amides is 2. The minimum absolute atomic E-state index is 0.125. The molecule has 2 aromatic rings. The summed E-state index contributed by atoms with van der Waals surface area (Å²) in [7, 11) is 1.64. The Hall–Kier alpha value is -2.34. The predicted molar refractivity (Wildman–Crippen MR) is 117 cm³/mol. The summed E-state index contributed by atoms with van der Waals surface area (Å²) in [6, 6.07) is 15.7. The largest absolute Gasteiger partial charge is 0.497 e. The lowest BCUT2D eigenvalue weighted by atomic mass is 10.1. The van der Waals surface area contributed by atoms with Crippen molar-refractivity contribution in [2.75, 3.05) is 33.3 Å². The summed E-state index contributed by atoms with van der Waals surface area (Å²) < 4.78 is 6.17. The van der Waals surface area contributed by atoms with Crippen LogP contribution in [0.25, 0.3) is 0 Å².